The molecule has 2 aliphatic carbocycles. The Bertz CT molecular complexity index is 1150. The minimum atomic E-state index is -1.34. The lowest BCUT2D eigenvalue weighted by Crippen LogP contribution is -2.41. The molecule has 166 valence electrons. The van der Waals surface area contributed by atoms with Crippen LogP contribution in [0.25, 0.3) is 0 Å². The van der Waals surface area contributed by atoms with Crippen LogP contribution in [0.5, 0.6) is 11.5 Å². The second-order valence-electron chi connectivity index (χ2n) is 9.49. The molecule has 2 aromatic carbocycles. The Balaban J connectivity index is 1.26. The van der Waals surface area contributed by atoms with Crippen LogP contribution in [0.2, 0.25) is 0 Å². The van der Waals surface area contributed by atoms with E-state index in [0.29, 0.717) is 48.9 Å². The Labute approximate surface area is 186 Å². The molecule has 2 unspecified atom stereocenters. The van der Waals surface area contributed by atoms with Crippen LogP contribution >= 0.6 is 0 Å². The lowest BCUT2D eigenvalue weighted by atomic mass is 9.83. The van der Waals surface area contributed by atoms with Crippen LogP contribution in [0.15, 0.2) is 65.6 Å². The van der Waals surface area contributed by atoms with Crippen LogP contribution in [-0.2, 0) is 22.5 Å². The summed E-state index contributed by atoms with van der Waals surface area (Å²) in [5.74, 6) is 0.204. The third-order valence-electron chi connectivity index (χ3n) is 6.66. The fraction of sp³-hybridized carbons (Fsp3) is 0.385. The van der Waals surface area contributed by atoms with Gasteiger partial charge in [-0.15, -0.1) is 0 Å². The molecule has 2 N–H and O–H groups in total. The highest BCUT2D eigenvalue weighted by atomic mass is 16.7. The average Bonchev–Trinajstić information content (AvgIpc) is 3.19. The summed E-state index contributed by atoms with van der Waals surface area (Å²) in [6, 6.07) is 13.7. The maximum atomic E-state index is 11.4. The van der Waals surface area contributed by atoms with Gasteiger partial charge in [0.15, 0.2) is 11.5 Å². The molecule has 3 atom stereocenters. The number of fused-ring (bicyclic) bond motifs is 4. The molecule has 2 heterocycles. The molecule has 0 saturated carbocycles. The summed E-state index contributed by atoms with van der Waals surface area (Å²) in [5, 5.41) is 22.1. The van der Waals surface area contributed by atoms with Crippen molar-refractivity contribution in [1.82, 2.24) is 0 Å². The molecular formula is C26H26O6. The lowest BCUT2D eigenvalue weighted by molar-refractivity contribution is -0.192. The number of rotatable bonds is 3. The average molecular weight is 434 g/mol. The van der Waals surface area contributed by atoms with Crippen LogP contribution in [-0.4, -0.2) is 27.9 Å². The van der Waals surface area contributed by atoms with Gasteiger partial charge in [-0.2, -0.15) is 0 Å². The summed E-state index contributed by atoms with van der Waals surface area (Å²) in [5.41, 5.74) is 4.03. The van der Waals surface area contributed by atoms with Crippen molar-refractivity contribution in [3.05, 3.63) is 82.3 Å². The quantitative estimate of drug-likeness (QED) is 0.759. The van der Waals surface area contributed by atoms with Gasteiger partial charge in [-0.3, -0.25) is 0 Å². The zero-order chi connectivity index (χ0) is 22.1. The zero-order valence-corrected chi connectivity index (χ0v) is 18.1. The van der Waals surface area contributed by atoms with Gasteiger partial charge in [-0.1, -0.05) is 30.3 Å². The number of aliphatic hydroxyl groups excluding tert-OH is 1. The first-order chi connectivity index (χ1) is 15.3. The Kier molecular flexibility index (Phi) is 4.17. The van der Waals surface area contributed by atoms with Gasteiger partial charge in [0, 0.05) is 32.8 Å². The number of benzene rings is 2. The van der Waals surface area contributed by atoms with Gasteiger partial charge in [0.2, 0.25) is 11.6 Å². The van der Waals surface area contributed by atoms with E-state index < -0.39 is 17.7 Å². The van der Waals surface area contributed by atoms with Crippen LogP contribution < -0.4 is 9.47 Å². The molecule has 0 bridgehead atoms. The molecule has 0 radical (unpaired) electrons. The Morgan fingerprint density at radius 3 is 2.56 bits per heavy atom. The third-order valence-corrected chi connectivity index (χ3v) is 6.66. The molecular weight excluding hydrogens is 408 g/mol. The molecule has 2 aromatic rings. The molecule has 6 rings (SSSR count). The molecule has 0 fully saturated rings. The normalized spacial score (nSPS) is 28.9. The lowest BCUT2D eigenvalue weighted by Gasteiger charge is -2.39. The van der Waals surface area contributed by atoms with Gasteiger partial charge in [-0.25, -0.2) is 0 Å². The maximum absolute atomic E-state index is 11.4. The van der Waals surface area contributed by atoms with Crippen molar-refractivity contribution in [3.63, 3.8) is 0 Å². The maximum Gasteiger partial charge on any atom is 0.246 e. The highest BCUT2D eigenvalue weighted by molar-refractivity contribution is 5.55. The van der Waals surface area contributed by atoms with Crippen LogP contribution in [0.4, 0.5) is 0 Å². The van der Waals surface area contributed by atoms with Crippen molar-refractivity contribution in [2.45, 2.75) is 63.3 Å². The Morgan fingerprint density at radius 2 is 1.78 bits per heavy atom. The summed E-state index contributed by atoms with van der Waals surface area (Å²) in [6.45, 7) is 4.12. The predicted octanol–water partition coefficient (Wildman–Crippen LogP) is 4.06. The smallest absolute Gasteiger partial charge is 0.246 e. The topological polar surface area (TPSA) is 77.4 Å². The van der Waals surface area contributed by atoms with Gasteiger partial charge in [0.25, 0.3) is 0 Å². The Hall–Kier alpha value is -2.96. The van der Waals surface area contributed by atoms with Gasteiger partial charge in [-0.05, 0) is 40.8 Å². The molecule has 0 amide bonds. The molecule has 2 aliphatic heterocycles. The largest absolute Gasteiger partial charge is 0.490 e. The van der Waals surface area contributed by atoms with E-state index in [4.69, 9.17) is 18.9 Å². The first-order valence-corrected chi connectivity index (χ1v) is 11.0. The van der Waals surface area contributed by atoms with Crippen molar-refractivity contribution in [2.75, 3.05) is 0 Å². The van der Waals surface area contributed by atoms with E-state index in [9.17, 15) is 10.2 Å². The first kappa shape index (κ1) is 19.7. The van der Waals surface area contributed by atoms with Crippen LogP contribution in [0.3, 0.4) is 0 Å². The van der Waals surface area contributed by atoms with Gasteiger partial charge in [0.05, 0.1) is 5.92 Å². The summed E-state index contributed by atoms with van der Waals surface area (Å²) >= 11 is 0. The van der Waals surface area contributed by atoms with Crippen molar-refractivity contribution in [2.24, 2.45) is 0 Å². The summed E-state index contributed by atoms with van der Waals surface area (Å²) in [4.78, 5) is 0. The fourth-order valence-corrected chi connectivity index (χ4v) is 5.18. The number of hydrogen-bond acceptors (Lipinski definition) is 6. The summed E-state index contributed by atoms with van der Waals surface area (Å²) < 4.78 is 23.9. The van der Waals surface area contributed by atoms with Crippen molar-refractivity contribution < 1.29 is 29.2 Å². The molecule has 4 aliphatic rings. The minimum absolute atomic E-state index is 0.221. The number of allylic oxidation sites excluding steroid dienone is 1. The summed E-state index contributed by atoms with van der Waals surface area (Å²) in [6.07, 6.45) is 2.41. The minimum Gasteiger partial charge on any atom is -0.490 e. The van der Waals surface area contributed by atoms with Gasteiger partial charge < -0.3 is 29.2 Å². The predicted molar refractivity (Wildman–Crippen MR) is 116 cm³/mol. The fourth-order valence-electron chi connectivity index (χ4n) is 5.18. The Morgan fingerprint density at radius 1 is 1.03 bits per heavy atom. The number of aliphatic hydroxyl groups is 2. The van der Waals surface area contributed by atoms with Gasteiger partial charge in [0.1, 0.15) is 24.2 Å². The summed E-state index contributed by atoms with van der Waals surface area (Å²) in [7, 11) is 0. The van der Waals surface area contributed by atoms with Crippen molar-refractivity contribution >= 4 is 0 Å². The van der Waals surface area contributed by atoms with E-state index in [-0.39, 0.29) is 5.92 Å². The number of hydrogen-bond donors (Lipinski definition) is 2. The monoisotopic (exact) mass is 434 g/mol. The van der Waals surface area contributed by atoms with E-state index in [1.807, 2.05) is 56.3 Å². The number of ether oxygens (including phenoxy) is 4. The first-order valence-electron chi connectivity index (χ1n) is 11.0. The molecule has 32 heavy (non-hydrogen) atoms. The SMILES string of the molecule is CC1(C)Oc2cc3c(cc2O1)C1CC2=C(C=C(OCc4ccccc4)C(O)C2)O[C@@]1(O)C3. The highest BCUT2D eigenvalue weighted by Gasteiger charge is 2.52. The van der Waals surface area contributed by atoms with Gasteiger partial charge >= 0.3 is 0 Å². The van der Waals surface area contributed by atoms with Crippen LogP contribution in [0, 0.1) is 0 Å². The third kappa shape index (κ3) is 3.17. The van der Waals surface area contributed by atoms with E-state index in [0.717, 1.165) is 22.3 Å². The molecule has 6 nitrogen and oxygen atoms in total. The standard InChI is InChI=1S/C26H26O6/c1-25(2)30-23-10-17-13-26(28)19(18(17)11-24(23)31-25)8-16-9-20(27)22(12-21(16)32-26)29-14-15-6-4-3-5-7-15/h3-7,10-12,19-20,27-28H,8-9,13-14H2,1-2H3/t19?,20?,26-/m0/s1. The molecule has 0 aromatic heterocycles. The molecule has 0 saturated heterocycles. The molecule has 6 heteroatoms. The highest BCUT2D eigenvalue weighted by Crippen LogP contribution is 2.54. The van der Waals surface area contributed by atoms with Crippen molar-refractivity contribution in [1.29, 1.82) is 0 Å². The second-order valence-corrected chi connectivity index (χ2v) is 9.49. The van der Waals surface area contributed by atoms with E-state index in [1.165, 1.54) is 0 Å². The van der Waals surface area contributed by atoms with E-state index in [2.05, 4.69) is 0 Å². The zero-order valence-electron chi connectivity index (χ0n) is 18.1. The molecule has 0 spiro atoms. The van der Waals surface area contributed by atoms with Crippen molar-refractivity contribution in [3.8, 4) is 11.5 Å². The van der Waals surface area contributed by atoms with Crippen LogP contribution in [0.1, 0.15) is 49.3 Å². The van der Waals surface area contributed by atoms with E-state index in [1.54, 1.807) is 6.08 Å². The second kappa shape index (κ2) is 6.77. The van der Waals surface area contributed by atoms with E-state index >= 15 is 0 Å².